The van der Waals surface area contributed by atoms with Crippen LogP contribution >= 0.6 is 0 Å². The molecule has 0 amide bonds. The summed E-state index contributed by atoms with van der Waals surface area (Å²) in [5.74, 6) is 1.03. The number of methoxy groups -OCH3 is 1. The third-order valence-corrected chi connectivity index (χ3v) is 5.13. The van der Waals surface area contributed by atoms with Gasteiger partial charge in [-0.2, -0.15) is 0 Å². The molecule has 1 aliphatic heterocycles. The van der Waals surface area contributed by atoms with E-state index in [1.54, 1.807) is 7.11 Å². The monoisotopic (exact) mass is 288 g/mol. The SMILES string of the molecule is COc1ccccc1CCN1CCCNC2(CCCC2)C1. The first-order chi connectivity index (χ1) is 10.3. The molecule has 1 heterocycles. The quantitative estimate of drug-likeness (QED) is 0.922. The Morgan fingerprint density at radius 1 is 1.19 bits per heavy atom. The number of ether oxygens (including phenoxy) is 1. The van der Waals surface area contributed by atoms with Crippen LogP contribution in [0.4, 0.5) is 0 Å². The van der Waals surface area contributed by atoms with E-state index in [4.69, 9.17) is 4.74 Å². The largest absolute Gasteiger partial charge is 0.496 e. The summed E-state index contributed by atoms with van der Waals surface area (Å²) in [6.07, 6.45) is 7.87. The van der Waals surface area contributed by atoms with Gasteiger partial charge < -0.3 is 15.0 Å². The van der Waals surface area contributed by atoms with Crippen LogP contribution in [0.5, 0.6) is 5.75 Å². The minimum atomic E-state index is 0.414. The highest BCUT2D eigenvalue weighted by Crippen LogP contribution is 2.31. The maximum absolute atomic E-state index is 5.47. The Morgan fingerprint density at radius 2 is 2.00 bits per heavy atom. The molecule has 3 heteroatoms. The minimum Gasteiger partial charge on any atom is -0.496 e. The van der Waals surface area contributed by atoms with Crippen LogP contribution < -0.4 is 10.1 Å². The van der Waals surface area contributed by atoms with Gasteiger partial charge in [0.2, 0.25) is 0 Å². The van der Waals surface area contributed by atoms with Gasteiger partial charge in [-0.3, -0.25) is 0 Å². The minimum absolute atomic E-state index is 0.414. The predicted octanol–water partition coefficient (Wildman–Crippen LogP) is 2.85. The fraction of sp³-hybridized carbons (Fsp3) is 0.667. The van der Waals surface area contributed by atoms with E-state index in [-0.39, 0.29) is 0 Å². The standard InChI is InChI=1S/C18H28N2O/c1-21-17-8-3-2-7-16(17)9-14-20-13-6-12-19-18(15-20)10-4-5-11-18/h2-3,7-8,19H,4-6,9-15H2,1H3. The molecule has 1 aliphatic carbocycles. The zero-order chi connectivity index (χ0) is 14.5. The lowest BCUT2D eigenvalue weighted by Gasteiger charge is -2.33. The van der Waals surface area contributed by atoms with Crippen molar-refractivity contribution in [2.45, 2.75) is 44.1 Å². The molecule has 1 saturated carbocycles. The molecular weight excluding hydrogens is 260 g/mol. The van der Waals surface area contributed by atoms with Gasteiger partial charge in [0, 0.05) is 18.6 Å². The smallest absolute Gasteiger partial charge is 0.122 e. The summed E-state index contributed by atoms with van der Waals surface area (Å²) in [6, 6.07) is 8.42. The van der Waals surface area contributed by atoms with Gasteiger partial charge in [-0.1, -0.05) is 31.0 Å². The maximum atomic E-state index is 5.47. The van der Waals surface area contributed by atoms with Crippen LogP contribution in [0.2, 0.25) is 0 Å². The highest BCUT2D eigenvalue weighted by Gasteiger charge is 2.36. The Labute approximate surface area is 128 Å². The molecule has 0 bridgehead atoms. The van der Waals surface area contributed by atoms with Gasteiger partial charge in [-0.25, -0.2) is 0 Å². The van der Waals surface area contributed by atoms with Gasteiger partial charge in [-0.05, 0) is 50.4 Å². The van der Waals surface area contributed by atoms with Crippen molar-refractivity contribution < 1.29 is 4.74 Å². The van der Waals surface area contributed by atoms with Crippen molar-refractivity contribution in [3.8, 4) is 5.75 Å². The number of nitrogens with zero attached hydrogens (tertiary/aromatic N) is 1. The Bertz CT molecular complexity index is 454. The van der Waals surface area contributed by atoms with Crippen molar-refractivity contribution in [3.63, 3.8) is 0 Å². The van der Waals surface area contributed by atoms with Gasteiger partial charge in [-0.15, -0.1) is 0 Å². The molecule has 0 radical (unpaired) electrons. The van der Waals surface area contributed by atoms with E-state index < -0.39 is 0 Å². The average Bonchev–Trinajstić information content (AvgIpc) is 2.87. The maximum Gasteiger partial charge on any atom is 0.122 e. The Hall–Kier alpha value is -1.06. The summed E-state index contributed by atoms with van der Waals surface area (Å²) in [5.41, 5.74) is 1.75. The summed E-state index contributed by atoms with van der Waals surface area (Å²) in [7, 11) is 1.77. The van der Waals surface area contributed by atoms with E-state index in [0.29, 0.717) is 5.54 Å². The van der Waals surface area contributed by atoms with Crippen molar-refractivity contribution in [1.29, 1.82) is 0 Å². The van der Waals surface area contributed by atoms with Crippen molar-refractivity contribution in [2.75, 3.05) is 33.3 Å². The molecule has 21 heavy (non-hydrogen) atoms. The van der Waals surface area contributed by atoms with Crippen LogP contribution in [0, 0.1) is 0 Å². The summed E-state index contributed by atoms with van der Waals surface area (Å²) in [6.45, 7) is 4.78. The van der Waals surface area contributed by atoms with Crippen LogP contribution in [0.3, 0.4) is 0 Å². The normalized spacial score (nSPS) is 22.3. The van der Waals surface area contributed by atoms with E-state index >= 15 is 0 Å². The van der Waals surface area contributed by atoms with E-state index in [2.05, 4.69) is 28.4 Å². The number of hydrogen-bond acceptors (Lipinski definition) is 3. The molecule has 2 aliphatic rings. The first-order valence-corrected chi connectivity index (χ1v) is 8.41. The fourth-order valence-corrected chi connectivity index (χ4v) is 3.98. The fourth-order valence-electron chi connectivity index (χ4n) is 3.98. The zero-order valence-electron chi connectivity index (χ0n) is 13.2. The second kappa shape index (κ2) is 6.80. The summed E-state index contributed by atoms with van der Waals surface area (Å²) >= 11 is 0. The molecule has 0 atom stereocenters. The number of hydrogen-bond donors (Lipinski definition) is 1. The molecular formula is C18H28N2O. The van der Waals surface area contributed by atoms with E-state index in [9.17, 15) is 0 Å². The molecule has 0 unspecified atom stereocenters. The van der Waals surface area contributed by atoms with Crippen molar-refractivity contribution in [2.24, 2.45) is 0 Å². The van der Waals surface area contributed by atoms with Crippen molar-refractivity contribution in [1.82, 2.24) is 10.2 Å². The summed E-state index contributed by atoms with van der Waals surface area (Å²) < 4.78 is 5.47. The molecule has 1 N–H and O–H groups in total. The van der Waals surface area contributed by atoms with Crippen LogP contribution in [-0.2, 0) is 6.42 Å². The van der Waals surface area contributed by atoms with E-state index in [1.807, 2.05) is 6.07 Å². The first kappa shape index (κ1) is 14.9. The van der Waals surface area contributed by atoms with Gasteiger partial charge in [0.15, 0.2) is 0 Å². The van der Waals surface area contributed by atoms with Crippen LogP contribution in [0.1, 0.15) is 37.7 Å². The van der Waals surface area contributed by atoms with E-state index in [1.165, 1.54) is 57.3 Å². The Morgan fingerprint density at radius 3 is 2.81 bits per heavy atom. The Kier molecular flexibility index (Phi) is 4.81. The topological polar surface area (TPSA) is 24.5 Å². The predicted molar refractivity (Wildman–Crippen MR) is 87.0 cm³/mol. The lowest BCUT2D eigenvalue weighted by Crippen LogP contribution is -2.49. The first-order valence-electron chi connectivity index (χ1n) is 8.41. The molecule has 3 nitrogen and oxygen atoms in total. The number of rotatable bonds is 4. The molecule has 0 aromatic heterocycles. The highest BCUT2D eigenvalue weighted by molar-refractivity contribution is 5.33. The van der Waals surface area contributed by atoms with Crippen LogP contribution in [-0.4, -0.2) is 43.7 Å². The third-order valence-electron chi connectivity index (χ3n) is 5.13. The van der Waals surface area contributed by atoms with Crippen LogP contribution in [0.25, 0.3) is 0 Å². The van der Waals surface area contributed by atoms with Crippen LogP contribution in [0.15, 0.2) is 24.3 Å². The second-order valence-electron chi connectivity index (χ2n) is 6.61. The number of nitrogens with one attached hydrogen (secondary N) is 1. The average molecular weight is 288 g/mol. The molecule has 1 aromatic rings. The van der Waals surface area contributed by atoms with Gasteiger partial charge in [0.1, 0.15) is 5.75 Å². The number of para-hydroxylation sites is 1. The van der Waals surface area contributed by atoms with Crippen molar-refractivity contribution >= 4 is 0 Å². The lowest BCUT2D eigenvalue weighted by atomic mass is 9.97. The number of benzene rings is 1. The Balaban J connectivity index is 1.61. The molecule has 2 fully saturated rings. The molecule has 116 valence electrons. The van der Waals surface area contributed by atoms with Crippen molar-refractivity contribution in [3.05, 3.63) is 29.8 Å². The lowest BCUT2D eigenvalue weighted by molar-refractivity contribution is 0.211. The van der Waals surface area contributed by atoms with E-state index in [0.717, 1.165) is 18.7 Å². The van der Waals surface area contributed by atoms with Gasteiger partial charge in [0.05, 0.1) is 7.11 Å². The molecule has 3 rings (SSSR count). The molecule has 1 saturated heterocycles. The van der Waals surface area contributed by atoms with Gasteiger partial charge in [0.25, 0.3) is 0 Å². The molecule has 1 spiro atoms. The highest BCUT2D eigenvalue weighted by atomic mass is 16.5. The summed E-state index contributed by atoms with van der Waals surface area (Å²) in [5, 5.41) is 3.84. The summed E-state index contributed by atoms with van der Waals surface area (Å²) in [4.78, 5) is 2.66. The van der Waals surface area contributed by atoms with Gasteiger partial charge >= 0.3 is 0 Å². The zero-order valence-corrected chi connectivity index (χ0v) is 13.2. The third kappa shape index (κ3) is 3.58. The second-order valence-corrected chi connectivity index (χ2v) is 6.61. The molecule has 1 aromatic carbocycles.